The summed E-state index contributed by atoms with van der Waals surface area (Å²) in [5.74, 6) is -0.573. The molecule has 0 radical (unpaired) electrons. The Morgan fingerprint density at radius 3 is 2.21 bits per heavy atom. The first-order valence-electron chi connectivity index (χ1n) is 13.2. The minimum absolute atomic E-state index is 0.149. The van der Waals surface area contributed by atoms with E-state index < -0.39 is 23.3 Å². The second-order valence-corrected chi connectivity index (χ2v) is 9.96. The second kappa shape index (κ2) is 12.3. The Balaban J connectivity index is 1.67. The molecule has 2 fully saturated rings. The Kier molecular flexibility index (Phi) is 8.89. The molecule has 9 nitrogen and oxygen atoms in total. The number of hydrogen-bond acceptors (Lipinski definition) is 6. The normalized spacial score (nSPS) is 20.5. The number of anilines is 1. The molecule has 2 aliphatic heterocycles. The number of hydrogen-bond donors (Lipinski definition) is 2. The summed E-state index contributed by atoms with van der Waals surface area (Å²) in [6.45, 7) is 1.79. The van der Waals surface area contributed by atoms with Gasteiger partial charge in [-0.05, 0) is 80.0 Å². The number of carbonyl (C=O) groups excluding carboxylic acids is 3. The molecule has 0 saturated carbocycles. The average Bonchev–Trinajstić information content (AvgIpc) is 3.39. The summed E-state index contributed by atoms with van der Waals surface area (Å²) < 4.78 is 15.9. The third kappa shape index (κ3) is 5.78. The summed E-state index contributed by atoms with van der Waals surface area (Å²) >= 11 is 0. The van der Waals surface area contributed by atoms with Crippen LogP contribution < -0.4 is 20.5 Å². The zero-order chi connectivity index (χ0) is 27.1. The number of rotatable bonds is 10. The third-order valence-corrected chi connectivity index (χ3v) is 7.80. The number of nitrogens with one attached hydrogen (secondary N) is 1. The first-order valence-corrected chi connectivity index (χ1v) is 13.2. The van der Waals surface area contributed by atoms with Crippen molar-refractivity contribution in [2.75, 3.05) is 39.3 Å². The van der Waals surface area contributed by atoms with Crippen molar-refractivity contribution in [2.24, 2.45) is 11.7 Å². The van der Waals surface area contributed by atoms with E-state index in [4.69, 9.17) is 19.9 Å². The fraction of sp³-hybridized carbons (Fsp3) is 0.483. The average molecular weight is 524 g/mol. The molecule has 2 aromatic carbocycles. The molecule has 0 aliphatic carbocycles. The third-order valence-electron chi connectivity index (χ3n) is 7.80. The van der Waals surface area contributed by atoms with Gasteiger partial charge in [0.1, 0.15) is 17.0 Å². The molecule has 2 atom stereocenters. The van der Waals surface area contributed by atoms with Crippen molar-refractivity contribution in [3.8, 4) is 11.5 Å². The van der Waals surface area contributed by atoms with Crippen LogP contribution in [0.3, 0.4) is 0 Å². The van der Waals surface area contributed by atoms with Crippen molar-refractivity contribution < 1.29 is 28.6 Å². The van der Waals surface area contributed by atoms with E-state index in [0.717, 1.165) is 19.3 Å². The minimum Gasteiger partial charge on any atom is -0.497 e. The number of primary amides is 1. The van der Waals surface area contributed by atoms with E-state index in [-0.39, 0.29) is 5.91 Å². The second-order valence-electron chi connectivity index (χ2n) is 9.96. The van der Waals surface area contributed by atoms with Gasteiger partial charge in [-0.1, -0.05) is 12.1 Å². The molecule has 2 aliphatic rings. The monoisotopic (exact) mass is 523 g/mol. The van der Waals surface area contributed by atoms with Crippen LogP contribution in [0, 0.1) is 5.92 Å². The molecule has 2 saturated heterocycles. The van der Waals surface area contributed by atoms with Crippen LogP contribution in [-0.4, -0.2) is 62.1 Å². The van der Waals surface area contributed by atoms with Crippen LogP contribution in [0.5, 0.6) is 11.5 Å². The van der Waals surface area contributed by atoms with Crippen LogP contribution in [0.4, 0.5) is 5.69 Å². The molecule has 3 amide bonds. The zero-order valence-corrected chi connectivity index (χ0v) is 22.1. The molecule has 1 unspecified atom stereocenters. The molecule has 2 aromatic rings. The number of nitrogens with two attached hydrogens (primary N) is 1. The van der Waals surface area contributed by atoms with E-state index in [9.17, 15) is 14.4 Å². The quantitative estimate of drug-likeness (QED) is 0.492. The Labute approximate surface area is 223 Å². The van der Waals surface area contributed by atoms with E-state index in [2.05, 4.69) is 5.32 Å². The fourth-order valence-corrected chi connectivity index (χ4v) is 5.71. The molecular formula is C29H37N3O6. The van der Waals surface area contributed by atoms with Crippen LogP contribution in [0.25, 0.3) is 0 Å². The van der Waals surface area contributed by atoms with Gasteiger partial charge >= 0.3 is 0 Å². The summed E-state index contributed by atoms with van der Waals surface area (Å²) in [5.41, 5.74) is 5.73. The highest BCUT2D eigenvalue weighted by Crippen LogP contribution is 2.43. The maximum atomic E-state index is 14.0. The smallest absolute Gasteiger partial charge is 0.244 e. The molecular weight excluding hydrogens is 486 g/mol. The summed E-state index contributed by atoms with van der Waals surface area (Å²) in [6, 6.07) is 13.9. The van der Waals surface area contributed by atoms with Crippen LogP contribution in [-0.2, 0) is 19.1 Å². The van der Waals surface area contributed by atoms with E-state index in [1.54, 1.807) is 67.7 Å². The first kappa shape index (κ1) is 27.4. The highest BCUT2D eigenvalue weighted by atomic mass is 16.5. The van der Waals surface area contributed by atoms with Crippen molar-refractivity contribution in [3.05, 3.63) is 54.1 Å². The Morgan fingerprint density at radius 2 is 1.63 bits per heavy atom. The summed E-state index contributed by atoms with van der Waals surface area (Å²) in [5, 5.41) is 2.93. The number of benzene rings is 2. The van der Waals surface area contributed by atoms with Crippen LogP contribution in [0.2, 0.25) is 0 Å². The van der Waals surface area contributed by atoms with Gasteiger partial charge in [0.05, 0.1) is 20.1 Å². The molecule has 0 aromatic heterocycles. The van der Waals surface area contributed by atoms with Crippen molar-refractivity contribution in [3.63, 3.8) is 0 Å². The summed E-state index contributed by atoms with van der Waals surface area (Å²) in [7, 11) is 3.13. The zero-order valence-electron chi connectivity index (χ0n) is 22.1. The first-order chi connectivity index (χ1) is 18.4. The standard InChI is InChI=1S/C29H37N3O6/c1-36-23-9-5-21(6-10-23)26(27(34)31-22-7-11-24(37-2)12-8-22)29(28(30)35)16-3-17-32(29)25(33)13-4-20-14-18-38-19-15-20/h5-12,20,26H,3-4,13-19H2,1-2H3,(H2,30,35)(H,31,34)/t26-,29?/m1/s1. The number of likely N-dealkylation sites (tertiary alicyclic amines) is 1. The topological polar surface area (TPSA) is 120 Å². The van der Waals surface area contributed by atoms with Crippen LogP contribution in [0.15, 0.2) is 48.5 Å². The van der Waals surface area contributed by atoms with Gasteiger partial charge in [-0.3, -0.25) is 14.4 Å². The van der Waals surface area contributed by atoms with Gasteiger partial charge in [0, 0.05) is 31.9 Å². The van der Waals surface area contributed by atoms with Gasteiger partial charge in [0.25, 0.3) is 0 Å². The van der Waals surface area contributed by atoms with Crippen LogP contribution >= 0.6 is 0 Å². The highest BCUT2D eigenvalue weighted by Gasteiger charge is 2.56. The van der Waals surface area contributed by atoms with Crippen molar-refractivity contribution in [2.45, 2.75) is 50.0 Å². The largest absolute Gasteiger partial charge is 0.497 e. The predicted molar refractivity (Wildman–Crippen MR) is 143 cm³/mol. The molecule has 38 heavy (non-hydrogen) atoms. The Morgan fingerprint density at radius 1 is 1.03 bits per heavy atom. The highest BCUT2D eigenvalue weighted by molar-refractivity contribution is 6.04. The van der Waals surface area contributed by atoms with Crippen molar-refractivity contribution >= 4 is 23.4 Å². The lowest BCUT2D eigenvalue weighted by molar-refractivity contribution is -0.147. The molecule has 9 heteroatoms. The maximum absolute atomic E-state index is 14.0. The van der Waals surface area contributed by atoms with Gasteiger partial charge in [0.15, 0.2) is 0 Å². The van der Waals surface area contributed by atoms with Crippen LogP contribution in [0.1, 0.15) is 50.0 Å². The van der Waals surface area contributed by atoms with Gasteiger partial charge < -0.3 is 30.2 Å². The Bertz CT molecular complexity index is 1110. The summed E-state index contributed by atoms with van der Waals surface area (Å²) in [6.07, 6.45) is 3.75. The lowest BCUT2D eigenvalue weighted by atomic mass is 9.75. The number of nitrogens with zero attached hydrogens (tertiary/aromatic N) is 1. The fourth-order valence-electron chi connectivity index (χ4n) is 5.71. The van der Waals surface area contributed by atoms with Gasteiger partial charge in [-0.15, -0.1) is 0 Å². The number of ether oxygens (including phenoxy) is 3. The number of methoxy groups -OCH3 is 2. The molecule has 3 N–H and O–H groups in total. The molecule has 204 valence electrons. The predicted octanol–water partition coefficient (Wildman–Crippen LogP) is 3.48. The van der Waals surface area contributed by atoms with Gasteiger partial charge in [-0.2, -0.15) is 0 Å². The van der Waals surface area contributed by atoms with Gasteiger partial charge in [0.2, 0.25) is 17.7 Å². The van der Waals surface area contributed by atoms with Crippen molar-refractivity contribution in [1.82, 2.24) is 4.90 Å². The summed E-state index contributed by atoms with van der Waals surface area (Å²) in [4.78, 5) is 42.5. The lowest BCUT2D eigenvalue weighted by Crippen LogP contribution is -2.61. The number of amides is 3. The van der Waals surface area contributed by atoms with Crippen molar-refractivity contribution in [1.29, 1.82) is 0 Å². The molecule has 2 heterocycles. The van der Waals surface area contributed by atoms with E-state index in [0.29, 0.717) is 67.7 Å². The number of carbonyl (C=O) groups is 3. The molecule has 4 rings (SSSR count). The SMILES string of the molecule is COc1ccc(NC(=O)[C@@H](c2ccc(OC)cc2)C2(C(N)=O)CCCN2C(=O)CCC2CCOCC2)cc1. The van der Waals surface area contributed by atoms with Gasteiger partial charge in [-0.25, -0.2) is 0 Å². The minimum atomic E-state index is -1.49. The maximum Gasteiger partial charge on any atom is 0.244 e. The molecule has 0 bridgehead atoms. The van der Waals surface area contributed by atoms with E-state index in [1.807, 2.05) is 0 Å². The molecule has 0 spiro atoms. The van der Waals surface area contributed by atoms with E-state index in [1.165, 1.54) is 0 Å². The lowest BCUT2D eigenvalue weighted by Gasteiger charge is -2.41. The Hall–Kier alpha value is -3.59. The van der Waals surface area contributed by atoms with E-state index >= 15 is 0 Å².